The van der Waals surface area contributed by atoms with Gasteiger partial charge in [0.05, 0.1) is 6.61 Å². The van der Waals surface area contributed by atoms with Crippen LogP contribution in [0.5, 0.6) is 0 Å². The van der Waals surface area contributed by atoms with Crippen molar-refractivity contribution in [3.63, 3.8) is 0 Å². The van der Waals surface area contributed by atoms with E-state index in [-0.39, 0.29) is 18.8 Å². The number of amides is 3. The average molecular weight is 462 g/mol. The van der Waals surface area contributed by atoms with E-state index in [2.05, 4.69) is 16.5 Å². The largest absolute Gasteiger partial charge is 0.395 e. The van der Waals surface area contributed by atoms with Crippen LogP contribution in [-0.2, 0) is 42.8 Å². The number of nitrogens with one attached hydrogen (secondary N) is 2. The maximum absolute atomic E-state index is 12.8. The minimum atomic E-state index is -4.30. The summed E-state index contributed by atoms with van der Waals surface area (Å²) in [4.78, 5) is 26.4. The molecular formula is C21H27N5O5S. The van der Waals surface area contributed by atoms with E-state index in [9.17, 15) is 18.0 Å². The molecule has 172 valence electrons. The number of carbonyl (C=O) groups is 2. The lowest BCUT2D eigenvalue weighted by molar-refractivity contribution is 0.0756. The number of sulfonamides is 1. The maximum Gasteiger partial charge on any atom is 0.333 e. The molecule has 0 spiro atoms. The number of nitrogens with zero attached hydrogens (tertiary/aromatic N) is 3. The average Bonchev–Trinajstić information content (AvgIpc) is 3.46. The Hall–Kier alpha value is -2.92. The van der Waals surface area contributed by atoms with Gasteiger partial charge in [0.2, 0.25) is 0 Å². The van der Waals surface area contributed by atoms with Gasteiger partial charge in [-0.25, -0.2) is 9.52 Å². The van der Waals surface area contributed by atoms with Gasteiger partial charge in [-0.15, -0.1) is 0 Å². The molecule has 2 aliphatic carbocycles. The van der Waals surface area contributed by atoms with E-state index in [1.807, 2.05) is 4.72 Å². The van der Waals surface area contributed by atoms with Crippen molar-refractivity contribution in [3.05, 3.63) is 40.1 Å². The number of fused-ring (bicyclic) bond motifs is 2. The second-order valence-electron chi connectivity index (χ2n) is 8.24. The molecule has 0 aliphatic heterocycles. The molecule has 1 aromatic carbocycles. The lowest BCUT2D eigenvalue weighted by atomic mass is 9.99. The first-order chi connectivity index (χ1) is 15.2. The van der Waals surface area contributed by atoms with Crippen molar-refractivity contribution in [2.24, 2.45) is 7.05 Å². The zero-order chi connectivity index (χ0) is 23.0. The molecule has 0 saturated heterocycles. The Labute approximate surface area is 186 Å². The fourth-order valence-corrected chi connectivity index (χ4v) is 5.40. The Morgan fingerprint density at radius 2 is 1.75 bits per heavy atom. The van der Waals surface area contributed by atoms with Crippen molar-refractivity contribution in [1.29, 1.82) is 0 Å². The van der Waals surface area contributed by atoms with Gasteiger partial charge in [0, 0.05) is 32.4 Å². The van der Waals surface area contributed by atoms with Crippen LogP contribution in [0.2, 0.25) is 0 Å². The molecule has 2 aromatic rings. The number of anilines is 1. The second-order valence-corrected chi connectivity index (χ2v) is 9.86. The van der Waals surface area contributed by atoms with Crippen molar-refractivity contribution >= 4 is 27.6 Å². The fourth-order valence-electron chi connectivity index (χ4n) is 4.50. The van der Waals surface area contributed by atoms with Crippen LogP contribution in [-0.4, -0.2) is 60.3 Å². The molecule has 0 atom stereocenters. The zero-order valence-corrected chi connectivity index (χ0v) is 19.0. The van der Waals surface area contributed by atoms with Crippen molar-refractivity contribution < 1.29 is 23.1 Å². The summed E-state index contributed by atoms with van der Waals surface area (Å²) in [7, 11) is -1.37. The minimum Gasteiger partial charge on any atom is -0.395 e. The maximum atomic E-state index is 12.8. The van der Waals surface area contributed by atoms with Gasteiger partial charge in [0.25, 0.3) is 15.9 Å². The number of rotatable bonds is 6. The van der Waals surface area contributed by atoms with Crippen LogP contribution in [0.1, 0.15) is 45.6 Å². The van der Waals surface area contributed by atoms with Gasteiger partial charge in [-0.3, -0.25) is 9.48 Å². The molecule has 4 rings (SSSR count). The highest BCUT2D eigenvalue weighted by Crippen LogP contribution is 2.38. The number of carbonyl (C=O) groups excluding carboxylic acids is 2. The molecule has 3 N–H and O–H groups in total. The van der Waals surface area contributed by atoms with E-state index in [0.29, 0.717) is 0 Å². The molecule has 10 nitrogen and oxygen atoms in total. The Morgan fingerprint density at radius 1 is 1.12 bits per heavy atom. The number of benzene rings is 1. The number of aliphatic hydroxyl groups is 1. The summed E-state index contributed by atoms with van der Waals surface area (Å²) in [6.45, 7) is -0.127. The summed E-state index contributed by atoms with van der Waals surface area (Å²) in [5.74, 6) is -0.490. The Balaban J connectivity index is 1.54. The molecule has 1 aromatic heterocycles. The molecule has 2 aliphatic rings. The number of hydrogen-bond acceptors (Lipinski definition) is 6. The SMILES string of the molecule is CN(CCO)C(=O)c1cc(S(=O)(=O)NC(=O)Nc2c3c(cc4c2CCC4)CCC3)nn1C. The standard InChI is InChI=1S/C21H27N5O5S/c1-25(9-10-27)20(28)17-12-18(23-26(17)2)32(30,31)24-21(29)22-19-15-7-3-5-13(15)11-14-6-4-8-16(14)19/h11-12,27H,3-10H2,1-2H3,(H2,22,24,29). The van der Waals surface area contributed by atoms with Crippen molar-refractivity contribution in [2.75, 3.05) is 25.5 Å². The zero-order valence-electron chi connectivity index (χ0n) is 18.1. The summed E-state index contributed by atoms with van der Waals surface area (Å²) < 4.78 is 28.7. The number of aryl methyl sites for hydroxylation is 3. The molecule has 0 unspecified atom stereocenters. The predicted octanol–water partition coefficient (Wildman–Crippen LogP) is 0.972. The van der Waals surface area contributed by atoms with E-state index in [0.717, 1.165) is 66.1 Å². The topological polar surface area (TPSA) is 134 Å². The Kier molecular flexibility index (Phi) is 5.95. The van der Waals surface area contributed by atoms with E-state index in [1.165, 1.54) is 30.1 Å². The first kappa shape index (κ1) is 22.3. The van der Waals surface area contributed by atoms with Crippen molar-refractivity contribution in [3.8, 4) is 0 Å². The number of aliphatic hydroxyl groups excluding tert-OH is 1. The number of hydrogen-bond donors (Lipinski definition) is 3. The third kappa shape index (κ3) is 4.09. The minimum absolute atomic E-state index is 0.0282. The molecule has 3 amide bonds. The van der Waals surface area contributed by atoms with Gasteiger partial charge in [0.1, 0.15) is 5.69 Å². The third-order valence-electron chi connectivity index (χ3n) is 6.07. The van der Waals surface area contributed by atoms with Crippen LogP contribution in [0.15, 0.2) is 17.2 Å². The highest BCUT2D eigenvalue weighted by molar-refractivity contribution is 7.90. The summed E-state index contributed by atoms with van der Waals surface area (Å²) in [6.07, 6.45) is 5.68. The van der Waals surface area contributed by atoms with Gasteiger partial charge in [-0.1, -0.05) is 6.07 Å². The van der Waals surface area contributed by atoms with Crippen molar-refractivity contribution in [2.45, 2.75) is 43.6 Å². The first-order valence-corrected chi connectivity index (χ1v) is 12.1. The van der Waals surface area contributed by atoms with Gasteiger partial charge in [-0.05, 0) is 60.8 Å². The lowest BCUT2D eigenvalue weighted by Gasteiger charge is -2.16. The summed E-state index contributed by atoms with van der Waals surface area (Å²) in [5.41, 5.74) is 5.40. The smallest absolute Gasteiger partial charge is 0.333 e. The summed E-state index contributed by atoms with van der Waals surface area (Å²) in [6, 6.07) is 2.49. The second kappa shape index (κ2) is 8.55. The number of aromatic nitrogens is 2. The van der Waals surface area contributed by atoms with Crippen LogP contribution in [0.3, 0.4) is 0 Å². The highest BCUT2D eigenvalue weighted by Gasteiger charge is 2.28. The van der Waals surface area contributed by atoms with Gasteiger partial charge < -0.3 is 15.3 Å². The molecule has 0 saturated carbocycles. The van der Waals surface area contributed by atoms with E-state index in [1.54, 1.807) is 0 Å². The van der Waals surface area contributed by atoms with Crippen LogP contribution in [0.4, 0.5) is 10.5 Å². The quantitative estimate of drug-likeness (QED) is 0.587. The normalized spacial score (nSPS) is 14.7. The third-order valence-corrected chi connectivity index (χ3v) is 7.28. The van der Waals surface area contributed by atoms with E-state index >= 15 is 0 Å². The fraction of sp³-hybridized carbons (Fsp3) is 0.476. The molecule has 1 heterocycles. The van der Waals surface area contributed by atoms with Crippen LogP contribution in [0.25, 0.3) is 0 Å². The van der Waals surface area contributed by atoms with E-state index < -0.39 is 27.0 Å². The van der Waals surface area contributed by atoms with Crippen LogP contribution < -0.4 is 10.0 Å². The van der Waals surface area contributed by atoms with Crippen molar-refractivity contribution in [1.82, 2.24) is 19.4 Å². The van der Waals surface area contributed by atoms with Gasteiger partial charge in [0.15, 0.2) is 5.03 Å². The predicted molar refractivity (Wildman–Crippen MR) is 117 cm³/mol. The van der Waals surface area contributed by atoms with Gasteiger partial charge in [-0.2, -0.15) is 13.5 Å². The molecular weight excluding hydrogens is 434 g/mol. The number of urea groups is 1. The van der Waals surface area contributed by atoms with Gasteiger partial charge >= 0.3 is 6.03 Å². The lowest BCUT2D eigenvalue weighted by Crippen LogP contribution is -2.35. The summed E-state index contributed by atoms with van der Waals surface area (Å²) >= 11 is 0. The molecule has 0 bridgehead atoms. The molecule has 0 radical (unpaired) electrons. The monoisotopic (exact) mass is 461 g/mol. The molecule has 11 heteroatoms. The summed E-state index contributed by atoms with van der Waals surface area (Å²) in [5, 5.41) is 15.3. The first-order valence-electron chi connectivity index (χ1n) is 10.6. The Morgan fingerprint density at radius 3 is 2.34 bits per heavy atom. The molecule has 32 heavy (non-hydrogen) atoms. The Bertz CT molecular complexity index is 1160. The van der Waals surface area contributed by atoms with E-state index in [4.69, 9.17) is 5.11 Å². The van der Waals surface area contributed by atoms with Crippen LogP contribution >= 0.6 is 0 Å². The highest BCUT2D eigenvalue weighted by atomic mass is 32.2. The number of likely N-dealkylation sites (N-methyl/N-ethyl adjacent to an activating group) is 1. The molecule has 0 fully saturated rings. The van der Waals surface area contributed by atoms with Crippen LogP contribution in [0, 0.1) is 0 Å².